The van der Waals surface area contributed by atoms with Crippen LogP contribution in [-0.2, 0) is 14.8 Å². The van der Waals surface area contributed by atoms with E-state index < -0.39 is 10.0 Å². The highest BCUT2D eigenvalue weighted by atomic mass is 35.5. The molecule has 6 nitrogen and oxygen atoms in total. The first kappa shape index (κ1) is 17.5. The van der Waals surface area contributed by atoms with Crippen molar-refractivity contribution in [1.29, 1.82) is 0 Å². The van der Waals surface area contributed by atoms with Gasteiger partial charge in [-0.25, -0.2) is 13.1 Å². The molecule has 1 aliphatic rings. The molecule has 0 saturated carbocycles. The summed E-state index contributed by atoms with van der Waals surface area (Å²) in [6.45, 7) is 5.77. The fourth-order valence-corrected chi connectivity index (χ4v) is 3.90. The second-order valence-electron chi connectivity index (χ2n) is 5.10. The number of hydrogen-bond acceptors (Lipinski definition) is 5. The topological polar surface area (TPSA) is 67.9 Å². The molecule has 0 aliphatic carbocycles. The number of nitrogens with one attached hydrogen (secondary N) is 1. The van der Waals surface area contributed by atoms with Crippen LogP contribution in [0, 0.1) is 6.92 Å². The number of ether oxygens (including phenoxy) is 2. The van der Waals surface area contributed by atoms with Crippen molar-refractivity contribution in [3.05, 3.63) is 22.7 Å². The van der Waals surface area contributed by atoms with Gasteiger partial charge in [-0.1, -0.05) is 11.6 Å². The Morgan fingerprint density at radius 3 is 2.68 bits per heavy atom. The van der Waals surface area contributed by atoms with E-state index in [0.717, 1.165) is 13.1 Å². The van der Waals surface area contributed by atoms with Gasteiger partial charge < -0.3 is 9.47 Å². The summed E-state index contributed by atoms with van der Waals surface area (Å²) in [5, 5.41) is 0.279. The molecule has 1 N–H and O–H groups in total. The molecule has 1 aliphatic heterocycles. The molecule has 1 aromatic carbocycles. The van der Waals surface area contributed by atoms with Crippen LogP contribution in [0.1, 0.15) is 5.56 Å². The number of morpholine rings is 1. The molecule has 0 amide bonds. The minimum atomic E-state index is -3.59. The van der Waals surface area contributed by atoms with E-state index in [0.29, 0.717) is 37.6 Å². The number of aryl methyl sites for hydroxylation is 1. The van der Waals surface area contributed by atoms with E-state index in [4.69, 9.17) is 21.1 Å². The molecule has 0 radical (unpaired) electrons. The zero-order valence-electron chi connectivity index (χ0n) is 12.8. The van der Waals surface area contributed by atoms with Gasteiger partial charge in [0.1, 0.15) is 5.75 Å². The average Bonchev–Trinajstić information content (AvgIpc) is 2.50. The van der Waals surface area contributed by atoms with Crippen molar-refractivity contribution in [2.24, 2.45) is 0 Å². The molecule has 0 bridgehead atoms. The van der Waals surface area contributed by atoms with E-state index in [2.05, 4.69) is 9.62 Å². The summed E-state index contributed by atoms with van der Waals surface area (Å²) in [6, 6.07) is 3.05. The van der Waals surface area contributed by atoms with Crippen molar-refractivity contribution < 1.29 is 17.9 Å². The summed E-state index contributed by atoms with van der Waals surface area (Å²) in [7, 11) is -2.09. The summed E-state index contributed by atoms with van der Waals surface area (Å²) in [5.41, 5.74) is 0.597. The van der Waals surface area contributed by atoms with Crippen molar-refractivity contribution in [1.82, 2.24) is 9.62 Å². The maximum atomic E-state index is 12.4. The first-order valence-electron chi connectivity index (χ1n) is 7.08. The van der Waals surface area contributed by atoms with E-state index >= 15 is 0 Å². The number of rotatable bonds is 6. The summed E-state index contributed by atoms with van der Waals surface area (Å²) >= 11 is 6.02. The van der Waals surface area contributed by atoms with E-state index in [1.165, 1.54) is 13.2 Å². The Bertz CT molecular complexity index is 616. The minimum absolute atomic E-state index is 0.181. The van der Waals surface area contributed by atoms with Crippen molar-refractivity contribution in [3.63, 3.8) is 0 Å². The quantitative estimate of drug-likeness (QED) is 0.838. The third kappa shape index (κ3) is 4.33. The van der Waals surface area contributed by atoms with Gasteiger partial charge in [-0.05, 0) is 24.6 Å². The molecular formula is C14H21ClN2O4S. The zero-order valence-corrected chi connectivity index (χ0v) is 14.3. The van der Waals surface area contributed by atoms with Gasteiger partial charge in [-0.2, -0.15) is 0 Å². The Labute approximate surface area is 136 Å². The van der Waals surface area contributed by atoms with Crippen LogP contribution in [0.15, 0.2) is 17.0 Å². The number of methoxy groups -OCH3 is 1. The van der Waals surface area contributed by atoms with E-state index in [1.54, 1.807) is 13.0 Å². The largest absolute Gasteiger partial charge is 0.495 e. The Morgan fingerprint density at radius 2 is 2.05 bits per heavy atom. The maximum Gasteiger partial charge on any atom is 0.240 e. The molecule has 0 atom stereocenters. The lowest BCUT2D eigenvalue weighted by molar-refractivity contribution is 0.0390. The minimum Gasteiger partial charge on any atom is -0.495 e. The molecular weight excluding hydrogens is 328 g/mol. The van der Waals surface area contributed by atoms with Gasteiger partial charge in [0.25, 0.3) is 0 Å². The molecule has 1 aromatic rings. The van der Waals surface area contributed by atoms with Crippen LogP contribution in [0.3, 0.4) is 0 Å². The molecule has 1 heterocycles. The smallest absolute Gasteiger partial charge is 0.240 e. The van der Waals surface area contributed by atoms with Crippen LogP contribution in [0.4, 0.5) is 0 Å². The van der Waals surface area contributed by atoms with Gasteiger partial charge in [0, 0.05) is 26.2 Å². The van der Waals surface area contributed by atoms with Crippen molar-refractivity contribution in [3.8, 4) is 5.75 Å². The summed E-state index contributed by atoms with van der Waals surface area (Å²) in [6.07, 6.45) is 0. The predicted molar refractivity (Wildman–Crippen MR) is 85.2 cm³/mol. The normalized spacial score (nSPS) is 16.7. The summed E-state index contributed by atoms with van der Waals surface area (Å²) in [5.74, 6) is 0.464. The molecule has 124 valence electrons. The lowest BCUT2D eigenvalue weighted by Gasteiger charge is -2.26. The molecule has 22 heavy (non-hydrogen) atoms. The number of sulfonamides is 1. The van der Waals surface area contributed by atoms with Crippen LogP contribution in [0.25, 0.3) is 0 Å². The standard InChI is InChI=1S/C14H21ClN2O4S/c1-11-9-13(20-2)12(15)10-14(11)22(18,19)16-3-4-17-5-7-21-8-6-17/h9-10,16H,3-8H2,1-2H3. The third-order valence-corrected chi connectivity index (χ3v) is 5.46. The second-order valence-corrected chi connectivity index (χ2v) is 7.25. The van der Waals surface area contributed by atoms with Crippen molar-refractivity contribution >= 4 is 21.6 Å². The fraction of sp³-hybridized carbons (Fsp3) is 0.571. The molecule has 1 saturated heterocycles. The van der Waals surface area contributed by atoms with Gasteiger partial charge >= 0.3 is 0 Å². The Kier molecular flexibility index (Phi) is 6.05. The first-order chi connectivity index (χ1) is 10.4. The van der Waals surface area contributed by atoms with Crippen LogP contribution in [-0.4, -0.2) is 59.8 Å². The molecule has 2 rings (SSSR count). The number of hydrogen-bond donors (Lipinski definition) is 1. The van der Waals surface area contributed by atoms with Crippen LogP contribution in [0.2, 0.25) is 5.02 Å². The number of nitrogens with zero attached hydrogens (tertiary/aromatic N) is 1. The van der Waals surface area contributed by atoms with Crippen LogP contribution in [0.5, 0.6) is 5.75 Å². The van der Waals surface area contributed by atoms with Crippen LogP contribution >= 0.6 is 11.6 Å². The molecule has 0 unspecified atom stereocenters. The zero-order chi connectivity index (χ0) is 16.2. The molecule has 8 heteroatoms. The molecule has 1 fully saturated rings. The second kappa shape index (κ2) is 7.61. The van der Waals surface area contributed by atoms with Crippen molar-refractivity contribution in [2.75, 3.05) is 46.5 Å². The summed E-state index contributed by atoms with van der Waals surface area (Å²) < 4.78 is 37.8. The highest BCUT2D eigenvalue weighted by molar-refractivity contribution is 7.89. The average molecular weight is 349 g/mol. The summed E-state index contributed by atoms with van der Waals surface area (Å²) in [4.78, 5) is 2.35. The predicted octanol–water partition coefficient (Wildman–Crippen LogP) is 1.27. The lowest BCUT2D eigenvalue weighted by Crippen LogP contribution is -2.41. The number of benzene rings is 1. The Hall–Kier alpha value is -0.860. The van der Waals surface area contributed by atoms with Gasteiger partial charge in [-0.3, -0.25) is 4.90 Å². The van der Waals surface area contributed by atoms with Gasteiger partial charge in [0.15, 0.2) is 0 Å². The fourth-order valence-electron chi connectivity index (χ4n) is 2.32. The van der Waals surface area contributed by atoms with Gasteiger partial charge in [-0.15, -0.1) is 0 Å². The molecule has 0 aromatic heterocycles. The van der Waals surface area contributed by atoms with E-state index in [1.807, 2.05) is 0 Å². The van der Waals surface area contributed by atoms with E-state index in [-0.39, 0.29) is 9.92 Å². The monoisotopic (exact) mass is 348 g/mol. The Morgan fingerprint density at radius 1 is 1.36 bits per heavy atom. The number of halogens is 1. The van der Waals surface area contributed by atoms with E-state index in [9.17, 15) is 8.42 Å². The lowest BCUT2D eigenvalue weighted by atomic mass is 10.2. The highest BCUT2D eigenvalue weighted by Crippen LogP contribution is 2.29. The van der Waals surface area contributed by atoms with Gasteiger partial charge in [0.2, 0.25) is 10.0 Å². The van der Waals surface area contributed by atoms with Crippen molar-refractivity contribution in [2.45, 2.75) is 11.8 Å². The highest BCUT2D eigenvalue weighted by Gasteiger charge is 2.19. The third-order valence-electron chi connectivity index (χ3n) is 3.56. The maximum absolute atomic E-state index is 12.4. The Balaban J connectivity index is 2.02. The van der Waals surface area contributed by atoms with Gasteiger partial charge in [0.05, 0.1) is 30.2 Å². The molecule has 0 spiro atoms. The SMILES string of the molecule is COc1cc(C)c(S(=O)(=O)NCCN2CCOCC2)cc1Cl. The first-order valence-corrected chi connectivity index (χ1v) is 8.94. The van der Waals surface area contributed by atoms with Crippen LogP contribution < -0.4 is 9.46 Å².